The molecule has 1 aliphatic carbocycles. The SMILES string of the molecule is CN(c1ccc(NC(=O)/C=C/c2ccncc2)cc1F)C1CCCCC1. The first-order valence-electron chi connectivity index (χ1n) is 9.05. The van der Waals surface area contributed by atoms with E-state index in [9.17, 15) is 9.18 Å². The highest BCUT2D eigenvalue weighted by Crippen LogP contribution is 2.29. The molecule has 0 radical (unpaired) electrons. The molecule has 1 fully saturated rings. The van der Waals surface area contributed by atoms with Crippen molar-refractivity contribution in [3.05, 3.63) is 60.2 Å². The third-order valence-electron chi connectivity index (χ3n) is 4.85. The summed E-state index contributed by atoms with van der Waals surface area (Å²) in [7, 11) is 1.95. The minimum Gasteiger partial charge on any atom is -0.369 e. The van der Waals surface area contributed by atoms with Gasteiger partial charge in [0.25, 0.3) is 0 Å². The van der Waals surface area contributed by atoms with Crippen molar-refractivity contribution in [3.8, 4) is 0 Å². The average Bonchev–Trinajstić information content (AvgIpc) is 2.67. The molecule has 0 spiro atoms. The van der Waals surface area contributed by atoms with Gasteiger partial charge in [0.05, 0.1) is 5.69 Å². The van der Waals surface area contributed by atoms with Gasteiger partial charge in [0.2, 0.25) is 5.91 Å². The maximum absolute atomic E-state index is 14.5. The van der Waals surface area contributed by atoms with E-state index in [0.29, 0.717) is 17.4 Å². The summed E-state index contributed by atoms with van der Waals surface area (Å²) < 4.78 is 14.5. The van der Waals surface area contributed by atoms with Crippen molar-refractivity contribution in [2.45, 2.75) is 38.1 Å². The highest BCUT2D eigenvalue weighted by atomic mass is 19.1. The van der Waals surface area contributed by atoms with Gasteiger partial charge >= 0.3 is 0 Å². The van der Waals surface area contributed by atoms with E-state index < -0.39 is 0 Å². The summed E-state index contributed by atoms with van der Waals surface area (Å²) in [6.07, 6.45) is 12.3. The number of hydrogen-bond donors (Lipinski definition) is 1. The summed E-state index contributed by atoms with van der Waals surface area (Å²) in [4.78, 5) is 18.0. The molecule has 1 heterocycles. The van der Waals surface area contributed by atoms with Gasteiger partial charge in [-0.15, -0.1) is 0 Å². The molecule has 1 aromatic carbocycles. The molecule has 0 unspecified atom stereocenters. The van der Waals surface area contributed by atoms with Gasteiger partial charge in [-0.2, -0.15) is 0 Å². The van der Waals surface area contributed by atoms with Crippen LogP contribution in [0.3, 0.4) is 0 Å². The highest BCUT2D eigenvalue weighted by Gasteiger charge is 2.20. The second-order valence-corrected chi connectivity index (χ2v) is 6.67. The molecule has 0 atom stereocenters. The van der Waals surface area contributed by atoms with Crippen LogP contribution in [0.2, 0.25) is 0 Å². The first-order valence-corrected chi connectivity index (χ1v) is 9.05. The van der Waals surface area contributed by atoms with Crippen molar-refractivity contribution in [3.63, 3.8) is 0 Å². The van der Waals surface area contributed by atoms with Crippen LogP contribution in [0.4, 0.5) is 15.8 Å². The number of carbonyl (C=O) groups is 1. The van der Waals surface area contributed by atoms with Gasteiger partial charge in [-0.1, -0.05) is 19.3 Å². The smallest absolute Gasteiger partial charge is 0.248 e. The molecule has 0 saturated heterocycles. The van der Waals surface area contributed by atoms with E-state index in [1.165, 1.54) is 31.4 Å². The zero-order valence-electron chi connectivity index (χ0n) is 15.0. The lowest BCUT2D eigenvalue weighted by Crippen LogP contribution is -2.33. The monoisotopic (exact) mass is 353 g/mol. The van der Waals surface area contributed by atoms with Crippen molar-refractivity contribution < 1.29 is 9.18 Å². The van der Waals surface area contributed by atoms with Gasteiger partial charge in [0, 0.05) is 37.2 Å². The Balaban J connectivity index is 1.63. The summed E-state index contributed by atoms with van der Waals surface area (Å²) in [6.45, 7) is 0. The van der Waals surface area contributed by atoms with E-state index in [0.717, 1.165) is 18.4 Å². The van der Waals surface area contributed by atoms with Crippen LogP contribution in [0.1, 0.15) is 37.7 Å². The largest absolute Gasteiger partial charge is 0.369 e. The van der Waals surface area contributed by atoms with Crippen LogP contribution in [0.25, 0.3) is 6.08 Å². The maximum atomic E-state index is 14.5. The van der Waals surface area contributed by atoms with Crippen molar-refractivity contribution in [1.82, 2.24) is 4.98 Å². The number of carbonyl (C=O) groups excluding carboxylic acids is 1. The molecule has 2 aromatic rings. The molecule has 0 aliphatic heterocycles. The van der Waals surface area contributed by atoms with Crippen LogP contribution >= 0.6 is 0 Å². The van der Waals surface area contributed by atoms with Gasteiger partial charge in [0.1, 0.15) is 5.82 Å². The first-order chi connectivity index (χ1) is 12.6. The van der Waals surface area contributed by atoms with Gasteiger partial charge < -0.3 is 10.2 Å². The number of pyridine rings is 1. The molecule has 4 nitrogen and oxygen atoms in total. The number of anilines is 2. The van der Waals surface area contributed by atoms with Crippen LogP contribution in [0.5, 0.6) is 0 Å². The lowest BCUT2D eigenvalue weighted by atomic mass is 9.94. The van der Waals surface area contributed by atoms with Crippen LogP contribution < -0.4 is 10.2 Å². The third kappa shape index (κ3) is 4.69. The molecule has 1 aromatic heterocycles. The van der Waals surface area contributed by atoms with E-state index >= 15 is 0 Å². The zero-order valence-corrected chi connectivity index (χ0v) is 15.0. The predicted octanol–water partition coefficient (Wildman–Crippen LogP) is 4.64. The number of halogens is 1. The van der Waals surface area contributed by atoms with Gasteiger partial charge in [-0.25, -0.2) is 4.39 Å². The fourth-order valence-electron chi connectivity index (χ4n) is 3.37. The Morgan fingerprint density at radius 1 is 1.19 bits per heavy atom. The first kappa shape index (κ1) is 18.1. The summed E-state index contributed by atoms with van der Waals surface area (Å²) in [5, 5.41) is 2.70. The lowest BCUT2D eigenvalue weighted by Gasteiger charge is -2.33. The number of aromatic nitrogens is 1. The topological polar surface area (TPSA) is 45.2 Å². The van der Waals surface area contributed by atoms with Gasteiger partial charge in [-0.3, -0.25) is 9.78 Å². The van der Waals surface area contributed by atoms with Crippen molar-refractivity contribution >= 4 is 23.4 Å². The number of rotatable bonds is 5. The van der Waals surface area contributed by atoms with E-state index in [2.05, 4.69) is 10.3 Å². The fraction of sp³-hybridized carbons (Fsp3) is 0.333. The number of amides is 1. The Bertz CT molecular complexity index is 770. The maximum Gasteiger partial charge on any atom is 0.248 e. The Labute approximate surface area is 153 Å². The molecule has 3 rings (SSSR count). The summed E-state index contributed by atoms with van der Waals surface area (Å²) >= 11 is 0. The van der Waals surface area contributed by atoms with E-state index in [-0.39, 0.29) is 11.7 Å². The van der Waals surface area contributed by atoms with E-state index in [1.54, 1.807) is 42.7 Å². The molecule has 136 valence electrons. The van der Waals surface area contributed by atoms with Crippen molar-refractivity contribution in [1.29, 1.82) is 0 Å². The predicted molar refractivity (Wildman–Crippen MR) is 104 cm³/mol. The van der Waals surface area contributed by atoms with E-state index in [1.807, 2.05) is 11.9 Å². The Kier molecular flexibility index (Phi) is 6.00. The van der Waals surface area contributed by atoms with Crippen LogP contribution in [0.15, 0.2) is 48.8 Å². The second kappa shape index (κ2) is 8.61. The molecule has 1 aliphatic rings. The molecular weight excluding hydrogens is 329 g/mol. The normalized spacial score (nSPS) is 15.2. The summed E-state index contributed by atoms with van der Waals surface area (Å²) in [5.74, 6) is -0.608. The van der Waals surface area contributed by atoms with Crippen LogP contribution in [-0.2, 0) is 4.79 Å². The Hall–Kier alpha value is -2.69. The molecule has 1 N–H and O–H groups in total. The third-order valence-corrected chi connectivity index (χ3v) is 4.85. The Morgan fingerprint density at radius 3 is 2.62 bits per heavy atom. The van der Waals surface area contributed by atoms with Gasteiger partial charge in [-0.05, 0) is 54.8 Å². The summed E-state index contributed by atoms with van der Waals surface area (Å²) in [6, 6.07) is 8.87. The minimum absolute atomic E-state index is 0.297. The number of nitrogens with one attached hydrogen (secondary N) is 1. The Morgan fingerprint density at radius 2 is 1.92 bits per heavy atom. The molecule has 1 saturated carbocycles. The molecule has 26 heavy (non-hydrogen) atoms. The second-order valence-electron chi connectivity index (χ2n) is 6.67. The molecule has 5 heteroatoms. The van der Waals surface area contributed by atoms with Gasteiger partial charge in [0.15, 0.2) is 0 Å². The fourth-order valence-corrected chi connectivity index (χ4v) is 3.37. The van der Waals surface area contributed by atoms with Crippen LogP contribution in [-0.4, -0.2) is 24.0 Å². The average molecular weight is 353 g/mol. The molecule has 0 bridgehead atoms. The van der Waals surface area contributed by atoms with Crippen LogP contribution in [0, 0.1) is 5.82 Å². The standard InChI is InChI=1S/C21H24FN3O/c1-25(18-5-3-2-4-6-18)20-9-8-17(15-19(20)22)24-21(26)10-7-16-11-13-23-14-12-16/h7-15,18H,2-6H2,1H3,(H,24,26)/b10-7+. The number of benzene rings is 1. The number of hydrogen-bond acceptors (Lipinski definition) is 3. The molecule has 1 amide bonds. The minimum atomic E-state index is -0.311. The quantitative estimate of drug-likeness (QED) is 0.797. The number of nitrogens with zero attached hydrogens (tertiary/aromatic N) is 2. The van der Waals surface area contributed by atoms with E-state index in [4.69, 9.17) is 0 Å². The van der Waals surface area contributed by atoms with Crippen molar-refractivity contribution in [2.24, 2.45) is 0 Å². The van der Waals surface area contributed by atoms with Crippen molar-refractivity contribution in [2.75, 3.05) is 17.3 Å². The highest BCUT2D eigenvalue weighted by molar-refractivity contribution is 6.02. The lowest BCUT2D eigenvalue weighted by molar-refractivity contribution is -0.111. The molecular formula is C21H24FN3O. The summed E-state index contributed by atoms with van der Waals surface area (Å²) in [5.41, 5.74) is 1.92. The zero-order chi connectivity index (χ0) is 18.4.